The molecule has 2 heterocycles. The van der Waals surface area contributed by atoms with E-state index < -0.39 is 0 Å². The predicted octanol–water partition coefficient (Wildman–Crippen LogP) is 3.63. The molecule has 0 unspecified atom stereocenters. The number of hydrogen-bond donors (Lipinski definition) is 0. The lowest BCUT2D eigenvalue weighted by molar-refractivity contribution is -0.137. The first-order chi connectivity index (χ1) is 14.1. The van der Waals surface area contributed by atoms with Crippen molar-refractivity contribution in [2.45, 2.75) is 25.3 Å². The van der Waals surface area contributed by atoms with Crippen LogP contribution in [0.3, 0.4) is 0 Å². The summed E-state index contributed by atoms with van der Waals surface area (Å²) in [4.78, 5) is 15.4. The molecule has 6 heteroatoms. The number of rotatable bonds is 5. The fraction of sp³-hybridized carbons (Fsp3) is 0.435. The van der Waals surface area contributed by atoms with Crippen molar-refractivity contribution in [2.75, 3.05) is 34.5 Å². The third-order valence-corrected chi connectivity index (χ3v) is 5.85. The summed E-state index contributed by atoms with van der Waals surface area (Å²) in [5, 5.41) is 0. The Morgan fingerprint density at radius 2 is 1.86 bits per heavy atom. The number of nitrogens with zero attached hydrogens (tertiary/aromatic N) is 1. The molecule has 2 atom stereocenters. The average molecular weight is 397 g/mol. The summed E-state index contributed by atoms with van der Waals surface area (Å²) in [6, 6.07) is 11.7. The molecule has 0 bridgehead atoms. The Kier molecular flexibility index (Phi) is 5.51. The first-order valence-corrected chi connectivity index (χ1v) is 9.96. The van der Waals surface area contributed by atoms with Crippen LogP contribution in [-0.4, -0.2) is 45.3 Å². The zero-order chi connectivity index (χ0) is 20.4. The van der Waals surface area contributed by atoms with E-state index in [1.54, 1.807) is 21.3 Å². The molecule has 1 fully saturated rings. The van der Waals surface area contributed by atoms with Crippen LogP contribution in [0.1, 0.15) is 30.0 Å². The van der Waals surface area contributed by atoms with Gasteiger partial charge in [0.2, 0.25) is 5.91 Å². The van der Waals surface area contributed by atoms with E-state index in [-0.39, 0.29) is 17.9 Å². The van der Waals surface area contributed by atoms with Gasteiger partial charge in [0, 0.05) is 6.54 Å². The van der Waals surface area contributed by atoms with E-state index in [1.165, 1.54) is 0 Å². The zero-order valence-corrected chi connectivity index (χ0v) is 17.1. The molecule has 0 aromatic heterocycles. The fourth-order valence-electron chi connectivity index (χ4n) is 4.33. The van der Waals surface area contributed by atoms with Gasteiger partial charge in [-0.1, -0.05) is 6.07 Å². The van der Waals surface area contributed by atoms with Crippen LogP contribution in [0, 0.1) is 5.92 Å². The van der Waals surface area contributed by atoms with Crippen LogP contribution >= 0.6 is 0 Å². The van der Waals surface area contributed by atoms with Gasteiger partial charge in [-0.2, -0.15) is 0 Å². The molecule has 1 saturated heterocycles. The minimum atomic E-state index is -0.185. The standard InChI is InChI=1S/C23H27NO5/c1-26-18-7-9-20-16(12-18)11-17(14-29-20)23(25)24-10-4-5-19(24)15-6-8-21(27-2)22(13-15)28-3/h6-9,12-13,17,19H,4-5,10-11,14H2,1-3H3/t17-,19-/m1/s1. The van der Waals surface area contributed by atoms with Crippen molar-refractivity contribution in [2.24, 2.45) is 5.92 Å². The molecule has 2 aliphatic rings. The van der Waals surface area contributed by atoms with Crippen LogP contribution < -0.4 is 18.9 Å². The summed E-state index contributed by atoms with van der Waals surface area (Å²) in [6.45, 7) is 1.17. The molecule has 2 aliphatic heterocycles. The number of carbonyl (C=O) groups excluding carboxylic acids is 1. The van der Waals surface area contributed by atoms with Gasteiger partial charge in [0.05, 0.1) is 33.3 Å². The van der Waals surface area contributed by atoms with E-state index in [4.69, 9.17) is 18.9 Å². The van der Waals surface area contributed by atoms with Gasteiger partial charge in [0.15, 0.2) is 11.5 Å². The summed E-state index contributed by atoms with van der Waals surface area (Å²) in [5.74, 6) is 2.97. The predicted molar refractivity (Wildman–Crippen MR) is 109 cm³/mol. The molecule has 0 aliphatic carbocycles. The maximum atomic E-state index is 13.4. The van der Waals surface area contributed by atoms with Crippen molar-refractivity contribution in [1.29, 1.82) is 0 Å². The van der Waals surface area contributed by atoms with Crippen LogP contribution in [0.2, 0.25) is 0 Å². The van der Waals surface area contributed by atoms with Crippen molar-refractivity contribution < 1.29 is 23.7 Å². The summed E-state index contributed by atoms with van der Waals surface area (Å²) in [5.41, 5.74) is 2.10. The molecule has 0 N–H and O–H groups in total. The Bertz CT molecular complexity index is 897. The molecule has 0 radical (unpaired) electrons. The molecule has 0 spiro atoms. The highest BCUT2D eigenvalue weighted by molar-refractivity contribution is 5.80. The van der Waals surface area contributed by atoms with E-state index >= 15 is 0 Å². The Hall–Kier alpha value is -2.89. The molecule has 2 aromatic carbocycles. The second kappa shape index (κ2) is 8.23. The van der Waals surface area contributed by atoms with E-state index in [0.717, 1.165) is 42.0 Å². The minimum Gasteiger partial charge on any atom is -0.497 e. The largest absolute Gasteiger partial charge is 0.497 e. The Labute approximate surface area is 171 Å². The highest BCUT2D eigenvalue weighted by Gasteiger charge is 2.36. The zero-order valence-electron chi connectivity index (χ0n) is 17.1. The van der Waals surface area contributed by atoms with Gasteiger partial charge in [-0.3, -0.25) is 4.79 Å². The maximum Gasteiger partial charge on any atom is 0.229 e. The smallest absolute Gasteiger partial charge is 0.229 e. The maximum absolute atomic E-state index is 13.4. The Morgan fingerprint density at radius 1 is 1.03 bits per heavy atom. The SMILES string of the molecule is COc1ccc2c(c1)C[C@@H](C(=O)N1CCC[C@@H]1c1ccc(OC)c(OC)c1)CO2. The van der Waals surface area contributed by atoms with Crippen molar-refractivity contribution in [3.05, 3.63) is 47.5 Å². The van der Waals surface area contributed by atoms with Gasteiger partial charge in [0.25, 0.3) is 0 Å². The lowest BCUT2D eigenvalue weighted by Crippen LogP contribution is -2.40. The van der Waals surface area contributed by atoms with Crippen LogP contribution in [0.5, 0.6) is 23.0 Å². The van der Waals surface area contributed by atoms with Crippen molar-refractivity contribution in [3.63, 3.8) is 0 Å². The normalized spacial score (nSPS) is 20.6. The lowest BCUT2D eigenvalue weighted by atomic mass is 9.94. The van der Waals surface area contributed by atoms with Crippen LogP contribution in [0.15, 0.2) is 36.4 Å². The topological polar surface area (TPSA) is 57.2 Å². The van der Waals surface area contributed by atoms with Gasteiger partial charge in [-0.05, 0) is 60.7 Å². The Morgan fingerprint density at radius 3 is 2.62 bits per heavy atom. The van der Waals surface area contributed by atoms with Crippen LogP contribution in [0.4, 0.5) is 0 Å². The number of likely N-dealkylation sites (tertiary alicyclic amines) is 1. The number of benzene rings is 2. The molecule has 6 nitrogen and oxygen atoms in total. The van der Waals surface area contributed by atoms with Crippen molar-refractivity contribution in [1.82, 2.24) is 4.90 Å². The molecule has 1 amide bonds. The van der Waals surface area contributed by atoms with Gasteiger partial charge in [-0.25, -0.2) is 0 Å². The van der Waals surface area contributed by atoms with Gasteiger partial charge in [-0.15, -0.1) is 0 Å². The number of methoxy groups -OCH3 is 3. The molecule has 0 saturated carbocycles. The summed E-state index contributed by atoms with van der Waals surface area (Å²) in [7, 11) is 4.90. The van der Waals surface area contributed by atoms with Crippen LogP contribution in [-0.2, 0) is 11.2 Å². The highest BCUT2D eigenvalue weighted by atomic mass is 16.5. The van der Waals surface area contributed by atoms with Crippen molar-refractivity contribution >= 4 is 5.91 Å². The number of fused-ring (bicyclic) bond motifs is 1. The van der Waals surface area contributed by atoms with E-state index in [0.29, 0.717) is 24.5 Å². The summed E-state index contributed by atoms with van der Waals surface area (Å²) < 4.78 is 22.0. The summed E-state index contributed by atoms with van der Waals surface area (Å²) >= 11 is 0. The van der Waals surface area contributed by atoms with Crippen molar-refractivity contribution in [3.8, 4) is 23.0 Å². The first-order valence-electron chi connectivity index (χ1n) is 9.96. The van der Waals surface area contributed by atoms with Crippen LogP contribution in [0.25, 0.3) is 0 Å². The molecule has 154 valence electrons. The lowest BCUT2D eigenvalue weighted by Gasteiger charge is -2.32. The van der Waals surface area contributed by atoms with E-state index in [1.807, 2.05) is 41.3 Å². The van der Waals surface area contributed by atoms with Gasteiger partial charge in [0.1, 0.15) is 18.1 Å². The third kappa shape index (κ3) is 3.71. The monoisotopic (exact) mass is 397 g/mol. The fourth-order valence-corrected chi connectivity index (χ4v) is 4.33. The van der Waals surface area contributed by atoms with E-state index in [9.17, 15) is 4.79 Å². The minimum absolute atomic E-state index is 0.0500. The second-order valence-electron chi connectivity index (χ2n) is 7.49. The number of amides is 1. The molecular formula is C23H27NO5. The van der Waals surface area contributed by atoms with Gasteiger partial charge < -0.3 is 23.8 Å². The Balaban J connectivity index is 1.54. The molecule has 29 heavy (non-hydrogen) atoms. The number of ether oxygens (including phenoxy) is 4. The quantitative estimate of drug-likeness (QED) is 0.771. The second-order valence-corrected chi connectivity index (χ2v) is 7.49. The third-order valence-electron chi connectivity index (χ3n) is 5.85. The molecule has 2 aromatic rings. The molecule has 4 rings (SSSR count). The summed E-state index contributed by atoms with van der Waals surface area (Å²) in [6.07, 6.45) is 2.60. The van der Waals surface area contributed by atoms with Gasteiger partial charge >= 0.3 is 0 Å². The average Bonchev–Trinajstić information content (AvgIpc) is 3.27. The highest BCUT2D eigenvalue weighted by Crippen LogP contribution is 2.39. The first kappa shape index (κ1) is 19.4. The number of carbonyl (C=O) groups is 1. The van der Waals surface area contributed by atoms with E-state index in [2.05, 4.69) is 0 Å². The number of hydrogen-bond acceptors (Lipinski definition) is 5. The molecular weight excluding hydrogens is 370 g/mol.